The topological polar surface area (TPSA) is 79.9 Å². The van der Waals surface area contributed by atoms with E-state index in [1.807, 2.05) is 20.8 Å². The lowest BCUT2D eigenvalue weighted by Gasteiger charge is -2.49. The molecule has 1 aromatic carbocycles. The fourth-order valence-electron chi connectivity index (χ4n) is 3.12. The Balaban J connectivity index is 2.34. The van der Waals surface area contributed by atoms with Crippen molar-refractivity contribution in [3.05, 3.63) is 36.9 Å². The number of amides is 2. The quantitative estimate of drug-likeness (QED) is 0.532. The third-order valence-electron chi connectivity index (χ3n) is 4.30. The Labute approximate surface area is 160 Å². The van der Waals surface area contributed by atoms with Crippen molar-refractivity contribution in [2.24, 2.45) is 0 Å². The van der Waals surface area contributed by atoms with Gasteiger partial charge in [0.25, 0.3) is 5.91 Å². The van der Waals surface area contributed by atoms with Crippen molar-refractivity contribution in [3.63, 3.8) is 0 Å². The predicted octanol–water partition coefficient (Wildman–Crippen LogP) is 1.48. The molecule has 0 bridgehead atoms. The standard InChI is InChI=1S/C20H29N3O4/c1-7-12-21-15(18(24)22-20(2,3)4)16-17(27-6)19(25)23(16)13-8-10-14(26-5)11-9-13/h7-11,15-17,21H,1,12H2,2-6H3,(H,22,24)/t15-,16+,17-/m1/s1. The van der Waals surface area contributed by atoms with E-state index in [-0.39, 0.29) is 11.8 Å². The summed E-state index contributed by atoms with van der Waals surface area (Å²) in [7, 11) is 3.06. The molecule has 1 heterocycles. The van der Waals surface area contributed by atoms with Crippen LogP contribution in [0.1, 0.15) is 20.8 Å². The fraction of sp³-hybridized carbons (Fsp3) is 0.500. The summed E-state index contributed by atoms with van der Waals surface area (Å²) in [6.45, 7) is 9.87. The Morgan fingerprint density at radius 2 is 1.93 bits per heavy atom. The molecule has 1 fully saturated rings. The number of hydrogen-bond acceptors (Lipinski definition) is 5. The largest absolute Gasteiger partial charge is 0.497 e. The van der Waals surface area contributed by atoms with Gasteiger partial charge in [-0.2, -0.15) is 0 Å². The average molecular weight is 375 g/mol. The maximum atomic E-state index is 12.9. The summed E-state index contributed by atoms with van der Waals surface area (Å²) in [5.41, 5.74) is 0.292. The van der Waals surface area contributed by atoms with Crippen molar-refractivity contribution in [1.82, 2.24) is 10.6 Å². The first kappa shape index (κ1) is 20.9. The number of benzene rings is 1. The lowest BCUT2D eigenvalue weighted by Crippen LogP contribution is -2.75. The molecule has 0 unspecified atom stereocenters. The van der Waals surface area contributed by atoms with Crippen LogP contribution in [0, 0.1) is 0 Å². The van der Waals surface area contributed by atoms with Crippen molar-refractivity contribution in [1.29, 1.82) is 0 Å². The molecule has 2 rings (SSSR count). The van der Waals surface area contributed by atoms with E-state index >= 15 is 0 Å². The average Bonchev–Trinajstić information content (AvgIpc) is 2.60. The van der Waals surface area contributed by atoms with E-state index in [0.29, 0.717) is 18.0 Å². The molecule has 27 heavy (non-hydrogen) atoms. The number of nitrogens with zero attached hydrogens (tertiary/aromatic N) is 1. The van der Waals surface area contributed by atoms with Crippen LogP contribution >= 0.6 is 0 Å². The first-order valence-corrected chi connectivity index (χ1v) is 8.89. The van der Waals surface area contributed by atoms with E-state index in [1.165, 1.54) is 7.11 Å². The number of nitrogens with one attached hydrogen (secondary N) is 2. The highest BCUT2D eigenvalue weighted by atomic mass is 16.5. The van der Waals surface area contributed by atoms with Gasteiger partial charge in [0.2, 0.25) is 5.91 Å². The van der Waals surface area contributed by atoms with E-state index < -0.39 is 23.7 Å². The van der Waals surface area contributed by atoms with Crippen molar-refractivity contribution < 1.29 is 19.1 Å². The lowest BCUT2D eigenvalue weighted by atomic mass is 9.88. The summed E-state index contributed by atoms with van der Waals surface area (Å²) in [6.07, 6.45) is 0.984. The maximum Gasteiger partial charge on any atom is 0.258 e. The third-order valence-corrected chi connectivity index (χ3v) is 4.30. The van der Waals surface area contributed by atoms with Gasteiger partial charge in [-0.3, -0.25) is 9.59 Å². The van der Waals surface area contributed by atoms with Crippen LogP contribution in [0.3, 0.4) is 0 Å². The second kappa shape index (κ2) is 8.54. The SMILES string of the molecule is C=CCN[C@@H](C(=O)NC(C)(C)C)[C@H]1[C@@H](OC)C(=O)N1c1ccc(OC)cc1. The minimum Gasteiger partial charge on any atom is -0.497 e. The maximum absolute atomic E-state index is 12.9. The number of anilines is 1. The van der Waals surface area contributed by atoms with Crippen LogP contribution in [0.15, 0.2) is 36.9 Å². The van der Waals surface area contributed by atoms with E-state index in [1.54, 1.807) is 42.4 Å². The molecule has 0 spiro atoms. The smallest absolute Gasteiger partial charge is 0.258 e. The Bertz CT molecular complexity index is 681. The van der Waals surface area contributed by atoms with Gasteiger partial charge in [0.15, 0.2) is 6.10 Å². The molecule has 7 nitrogen and oxygen atoms in total. The number of methoxy groups -OCH3 is 2. The zero-order valence-electron chi connectivity index (χ0n) is 16.6. The van der Waals surface area contributed by atoms with E-state index in [0.717, 1.165) is 0 Å². The summed E-state index contributed by atoms with van der Waals surface area (Å²) in [4.78, 5) is 27.2. The van der Waals surface area contributed by atoms with Gasteiger partial charge in [0.05, 0.1) is 13.2 Å². The van der Waals surface area contributed by atoms with Gasteiger partial charge in [-0.15, -0.1) is 6.58 Å². The normalized spacial score (nSPS) is 20.6. The molecule has 0 aliphatic carbocycles. The molecule has 0 radical (unpaired) electrons. The van der Waals surface area contributed by atoms with Crippen LogP contribution in [0.4, 0.5) is 5.69 Å². The highest BCUT2D eigenvalue weighted by molar-refractivity contribution is 6.07. The Morgan fingerprint density at radius 1 is 1.30 bits per heavy atom. The third kappa shape index (κ3) is 4.67. The van der Waals surface area contributed by atoms with E-state index in [4.69, 9.17) is 9.47 Å². The number of ether oxygens (including phenoxy) is 2. The van der Waals surface area contributed by atoms with E-state index in [9.17, 15) is 9.59 Å². The van der Waals surface area contributed by atoms with Crippen molar-refractivity contribution in [2.75, 3.05) is 25.7 Å². The van der Waals surface area contributed by atoms with Gasteiger partial charge in [-0.1, -0.05) is 6.08 Å². The molecule has 0 aromatic heterocycles. The van der Waals surface area contributed by atoms with Crippen LogP contribution in [0.25, 0.3) is 0 Å². The highest BCUT2D eigenvalue weighted by Crippen LogP contribution is 2.33. The number of rotatable bonds is 8. The summed E-state index contributed by atoms with van der Waals surface area (Å²) < 4.78 is 10.6. The number of carbonyl (C=O) groups is 2. The van der Waals surface area contributed by atoms with Gasteiger partial charge in [0, 0.05) is 24.9 Å². The first-order chi connectivity index (χ1) is 12.7. The monoisotopic (exact) mass is 375 g/mol. The molecule has 0 saturated carbocycles. The number of carbonyl (C=O) groups excluding carboxylic acids is 2. The van der Waals surface area contributed by atoms with Gasteiger partial charge in [0.1, 0.15) is 11.8 Å². The predicted molar refractivity (Wildman–Crippen MR) is 105 cm³/mol. The van der Waals surface area contributed by atoms with Crippen molar-refractivity contribution >= 4 is 17.5 Å². The number of hydrogen-bond donors (Lipinski definition) is 2. The molecule has 3 atom stereocenters. The Kier molecular flexibility index (Phi) is 6.62. The van der Waals surface area contributed by atoms with Crippen molar-refractivity contribution in [3.8, 4) is 5.75 Å². The van der Waals surface area contributed by atoms with Crippen LogP contribution in [0.5, 0.6) is 5.75 Å². The zero-order valence-corrected chi connectivity index (χ0v) is 16.6. The van der Waals surface area contributed by atoms with Crippen LogP contribution in [-0.2, 0) is 14.3 Å². The van der Waals surface area contributed by atoms with Crippen LogP contribution in [-0.4, -0.2) is 56.3 Å². The van der Waals surface area contributed by atoms with Gasteiger partial charge < -0.3 is 25.0 Å². The molecule has 2 N–H and O–H groups in total. The molecule has 2 amide bonds. The Morgan fingerprint density at radius 3 is 2.41 bits per heavy atom. The fourth-order valence-corrected chi connectivity index (χ4v) is 3.12. The molecule has 148 valence electrons. The van der Waals surface area contributed by atoms with Gasteiger partial charge in [-0.05, 0) is 45.0 Å². The minimum absolute atomic E-state index is 0.179. The minimum atomic E-state index is -0.694. The summed E-state index contributed by atoms with van der Waals surface area (Å²) in [6, 6.07) is 6.02. The summed E-state index contributed by atoms with van der Waals surface area (Å²) in [5, 5.41) is 6.15. The summed E-state index contributed by atoms with van der Waals surface area (Å²) in [5.74, 6) is 0.322. The second-order valence-electron chi connectivity index (χ2n) is 7.47. The van der Waals surface area contributed by atoms with Crippen molar-refractivity contribution in [2.45, 2.75) is 44.5 Å². The first-order valence-electron chi connectivity index (χ1n) is 8.89. The zero-order chi connectivity index (χ0) is 20.2. The van der Waals surface area contributed by atoms with Crippen LogP contribution < -0.4 is 20.3 Å². The molecule has 1 aliphatic heterocycles. The van der Waals surface area contributed by atoms with Crippen LogP contribution in [0.2, 0.25) is 0 Å². The molecular weight excluding hydrogens is 346 g/mol. The number of β-lactam (4-membered cyclic amide) rings is 1. The highest BCUT2D eigenvalue weighted by Gasteiger charge is 2.54. The Hall–Kier alpha value is -2.38. The molecule has 1 aliphatic rings. The molecule has 1 saturated heterocycles. The molecule has 7 heteroatoms. The van der Waals surface area contributed by atoms with E-state index in [2.05, 4.69) is 17.2 Å². The molecular formula is C20H29N3O4. The molecule has 1 aromatic rings. The van der Waals surface area contributed by atoms with Gasteiger partial charge >= 0.3 is 0 Å². The summed E-state index contributed by atoms with van der Waals surface area (Å²) >= 11 is 0. The lowest BCUT2D eigenvalue weighted by molar-refractivity contribution is -0.143. The van der Waals surface area contributed by atoms with Gasteiger partial charge in [-0.25, -0.2) is 0 Å². The second-order valence-corrected chi connectivity index (χ2v) is 7.47.